The molecule has 0 saturated carbocycles. The highest BCUT2D eigenvalue weighted by Crippen LogP contribution is 2.33. The number of ether oxygens (including phenoxy) is 1. The number of carboxylic acids is 1. The van der Waals surface area contributed by atoms with Gasteiger partial charge in [0.25, 0.3) is 0 Å². The molecule has 1 aliphatic heterocycles. The molecule has 1 unspecified atom stereocenters. The van der Waals surface area contributed by atoms with Crippen molar-refractivity contribution in [3.05, 3.63) is 60.2 Å². The molecule has 2 aromatic rings. The highest BCUT2D eigenvalue weighted by atomic mass is 32.2. The normalized spacial score (nSPS) is 18.4. The Morgan fingerprint density at radius 3 is 2.56 bits per heavy atom. The van der Waals surface area contributed by atoms with Crippen LogP contribution in [-0.4, -0.2) is 40.7 Å². The van der Waals surface area contributed by atoms with Crippen LogP contribution >= 0.6 is 11.8 Å². The molecule has 1 fully saturated rings. The Labute approximate surface area is 160 Å². The van der Waals surface area contributed by atoms with E-state index >= 15 is 0 Å². The number of amides is 1. The van der Waals surface area contributed by atoms with E-state index in [2.05, 4.69) is 10.2 Å². The summed E-state index contributed by atoms with van der Waals surface area (Å²) >= 11 is 1.10. The number of hydrogen-bond donors (Lipinski definition) is 1. The van der Waals surface area contributed by atoms with Gasteiger partial charge < -0.3 is 9.84 Å². The monoisotopic (exact) mass is 383 g/mol. The third-order valence-electron chi connectivity index (χ3n) is 3.78. The summed E-state index contributed by atoms with van der Waals surface area (Å²) in [7, 11) is 1.59. The maximum absolute atomic E-state index is 12.7. The third kappa shape index (κ3) is 4.53. The van der Waals surface area contributed by atoms with Crippen molar-refractivity contribution in [2.24, 2.45) is 10.2 Å². The first kappa shape index (κ1) is 18.7. The molecule has 138 valence electrons. The average molecular weight is 383 g/mol. The van der Waals surface area contributed by atoms with Gasteiger partial charge in [0.2, 0.25) is 5.91 Å². The van der Waals surface area contributed by atoms with Crippen molar-refractivity contribution in [1.29, 1.82) is 0 Å². The maximum atomic E-state index is 12.7. The maximum Gasteiger partial charge on any atom is 0.305 e. The number of aliphatic carboxylic acids is 1. The van der Waals surface area contributed by atoms with Crippen LogP contribution in [0, 0.1) is 0 Å². The van der Waals surface area contributed by atoms with Gasteiger partial charge >= 0.3 is 5.97 Å². The van der Waals surface area contributed by atoms with Crippen molar-refractivity contribution in [3.63, 3.8) is 0 Å². The van der Waals surface area contributed by atoms with Crippen LogP contribution in [0.5, 0.6) is 5.75 Å². The molecule has 3 rings (SSSR count). The van der Waals surface area contributed by atoms with Crippen LogP contribution in [0.4, 0.5) is 5.69 Å². The van der Waals surface area contributed by atoms with Crippen molar-refractivity contribution in [3.8, 4) is 5.75 Å². The first-order chi connectivity index (χ1) is 13.1. The molecule has 27 heavy (non-hydrogen) atoms. The SMILES string of the molecule is COc1ccc(/C=N/N=C2/SC(CC(=O)O)C(=O)N2c2ccccc2)cc1. The molecule has 0 aromatic heterocycles. The fraction of sp³-hybridized carbons (Fsp3) is 0.158. The number of thioether (sulfide) groups is 1. The molecule has 8 heteroatoms. The molecule has 0 spiro atoms. The molecule has 1 saturated heterocycles. The Kier molecular flexibility index (Phi) is 5.87. The highest BCUT2D eigenvalue weighted by Gasteiger charge is 2.40. The lowest BCUT2D eigenvalue weighted by molar-refractivity contribution is -0.138. The van der Waals surface area contributed by atoms with Crippen molar-refractivity contribution in [1.82, 2.24) is 0 Å². The van der Waals surface area contributed by atoms with Gasteiger partial charge in [-0.05, 0) is 42.0 Å². The number of methoxy groups -OCH3 is 1. The van der Waals surface area contributed by atoms with E-state index in [1.165, 1.54) is 4.90 Å². The van der Waals surface area contributed by atoms with Crippen LogP contribution in [0.15, 0.2) is 64.8 Å². The Morgan fingerprint density at radius 1 is 1.22 bits per heavy atom. The molecule has 1 heterocycles. The molecule has 0 aliphatic carbocycles. The topological polar surface area (TPSA) is 91.6 Å². The molecule has 0 radical (unpaired) electrons. The standard InChI is InChI=1S/C19H17N3O4S/c1-26-15-9-7-13(8-10-15)12-20-21-19-22(14-5-3-2-4-6-14)18(25)16(27-19)11-17(23)24/h2-10,12,16H,11H2,1H3,(H,23,24)/b20-12+,21-19+. The quantitative estimate of drug-likeness (QED) is 0.612. The first-order valence-corrected chi connectivity index (χ1v) is 8.99. The van der Waals surface area contributed by atoms with E-state index in [0.29, 0.717) is 10.9 Å². The fourth-order valence-corrected chi connectivity index (χ4v) is 3.56. The molecular formula is C19H17N3O4S. The molecule has 1 atom stereocenters. The molecule has 7 nitrogen and oxygen atoms in total. The Morgan fingerprint density at radius 2 is 1.93 bits per heavy atom. The van der Waals surface area contributed by atoms with Gasteiger partial charge in [-0.2, -0.15) is 5.10 Å². The van der Waals surface area contributed by atoms with Crippen LogP contribution in [-0.2, 0) is 9.59 Å². The van der Waals surface area contributed by atoms with Gasteiger partial charge in [0.15, 0.2) is 5.17 Å². The van der Waals surface area contributed by atoms with Gasteiger partial charge in [-0.3, -0.25) is 14.5 Å². The van der Waals surface area contributed by atoms with E-state index in [9.17, 15) is 9.59 Å². The Balaban J connectivity index is 1.85. The summed E-state index contributed by atoms with van der Waals surface area (Å²) in [4.78, 5) is 25.1. The minimum atomic E-state index is -1.03. The number of para-hydroxylation sites is 1. The van der Waals surface area contributed by atoms with E-state index in [0.717, 1.165) is 23.1 Å². The molecule has 1 N–H and O–H groups in total. The number of carbonyl (C=O) groups excluding carboxylic acids is 1. The van der Waals surface area contributed by atoms with Gasteiger partial charge in [0.1, 0.15) is 11.0 Å². The van der Waals surface area contributed by atoms with Crippen LogP contribution < -0.4 is 9.64 Å². The Bertz CT molecular complexity index is 882. The van der Waals surface area contributed by atoms with E-state index in [-0.39, 0.29) is 12.3 Å². The van der Waals surface area contributed by atoms with Crippen molar-refractivity contribution >= 4 is 40.7 Å². The lowest BCUT2D eigenvalue weighted by Crippen LogP contribution is -2.32. The summed E-state index contributed by atoms with van der Waals surface area (Å²) in [6.45, 7) is 0. The first-order valence-electron chi connectivity index (χ1n) is 8.11. The van der Waals surface area contributed by atoms with Crippen LogP contribution in [0.25, 0.3) is 0 Å². The number of carboxylic acid groups (broad SMARTS) is 1. The zero-order valence-corrected chi connectivity index (χ0v) is 15.3. The molecule has 0 bridgehead atoms. The van der Waals surface area contributed by atoms with Crippen molar-refractivity contribution in [2.45, 2.75) is 11.7 Å². The summed E-state index contributed by atoms with van der Waals surface area (Å²) in [5.74, 6) is -0.606. The van der Waals surface area contributed by atoms with Gasteiger partial charge in [0, 0.05) is 0 Å². The lowest BCUT2D eigenvalue weighted by Gasteiger charge is -2.15. The van der Waals surface area contributed by atoms with Crippen LogP contribution in [0.1, 0.15) is 12.0 Å². The number of hydrogen-bond acceptors (Lipinski definition) is 6. The molecule has 1 aliphatic rings. The summed E-state index contributed by atoms with van der Waals surface area (Å²) in [5, 5.41) is 16.9. The predicted octanol–water partition coefficient (Wildman–Crippen LogP) is 3.01. The van der Waals surface area contributed by atoms with Crippen LogP contribution in [0.2, 0.25) is 0 Å². The van der Waals surface area contributed by atoms with Crippen molar-refractivity contribution in [2.75, 3.05) is 12.0 Å². The second-order valence-corrected chi connectivity index (χ2v) is 6.78. The fourth-order valence-electron chi connectivity index (χ4n) is 2.47. The van der Waals surface area contributed by atoms with E-state index < -0.39 is 11.2 Å². The molecule has 2 aromatic carbocycles. The van der Waals surface area contributed by atoms with Gasteiger partial charge in [-0.15, -0.1) is 5.10 Å². The number of carbonyl (C=O) groups is 2. The van der Waals surface area contributed by atoms with Crippen molar-refractivity contribution < 1.29 is 19.4 Å². The minimum Gasteiger partial charge on any atom is -0.497 e. The zero-order chi connectivity index (χ0) is 19.2. The summed E-state index contributed by atoms with van der Waals surface area (Å²) in [6, 6.07) is 16.3. The smallest absolute Gasteiger partial charge is 0.305 e. The summed E-state index contributed by atoms with van der Waals surface area (Å²) < 4.78 is 5.11. The number of anilines is 1. The molecule has 1 amide bonds. The van der Waals surface area contributed by atoms with E-state index in [1.807, 2.05) is 30.3 Å². The number of amidine groups is 1. The van der Waals surface area contributed by atoms with Gasteiger partial charge in [-0.25, -0.2) is 0 Å². The lowest BCUT2D eigenvalue weighted by atomic mass is 10.2. The second-order valence-electron chi connectivity index (χ2n) is 5.61. The largest absolute Gasteiger partial charge is 0.497 e. The second kappa shape index (κ2) is 8.50. The minimum absolute atomic E-state index is 0.270. The summed E-state index contributed by atoms with van der Waals surface area (Å²) in [6.07, 6.45) is 1.29. The molecular weight excluding hydrogens is 366 g/mol. The van der Waals surface area contributed by atoms with Gasteiger partial charge in [-0.1, -0.05) is 30.0 Å². The average Bonchev–Trinajstić information content (AvgIpc) is 2.97. The Hall–Kier alpha value is -3.13. The number of benzene rings is 2. The highest BCUT2D eigenvalue weighted by molar-refractivity contribution is 8.16. The number of nitrogens with zero attached hydrogens (tertiary/aromatic N) is 3. The summed E-state index contributed by atoms with van der Waals surface area (Å²) in [5.41, 5.74) is 1.45. The van der Waals surface area contributed by atoms with Crippen LogP contribution in [0.3, 0.4) is 0 Å². The van der Waals surface area contributed by atoms with E-state index in [4.69, 9.17) is 9.84 Å². The zero-order valence-electron chi connectivity index (χ0n) is 14.5. The van der Waals surface area contributed by atoms with Gasteiger partial charge in [0.05, 0.1) is 25.4 Å². The van der Waals surface area contributed by atoms with E-state index in [1.54, 1.807) is 37.6 Å². The third-order valence-corrected chi connectivity index (χ3v) is 4.90. The number of rotatable bonds is 6. The predicted molar refractivity (Wildman–Crippen MR) is 106 cm³/mol.